The Morgan fingerprint density at radius 2 is 1.33 bits per heavy atom. The molecule has 3 nitrogen and oxygen atoms in total. The quantitative estimate of drug-likeness (QED) is 0.629. The van der Waals surface area contributed by atoms with Crippen molar-refractivity contribution in [3.63, 3.8) is 0 Å². The average Bonchev–Trinajstić information content (AvgIpc) is 2.06. The molecule has 0 atom stereocenters. The summed E-state index contributed by atoms with van der Waals surface area (Å²) < 4.78 is 16.5. The van der Waals surface area contributed by atoms with Crippen LogP contribution < -0.4 is 0 Å². The predicted molar refractivity (Wildman–Crippen MR) is 50.8 cm³/mol. The van der Waals surface area contributed by atoms with Crippen molar-refractivity contribution in [2.24, 2.45) is 0 Å². The number of hydrogen-bond acceptors (Lipinski definition) is 3. The normalized spacial score (nSPS) is 11.6. The zero-order valence-electron chi connectivity index (χ0n) is 8.13. The van der Waals surface area contributed by atoms with Crippen LogP contribution >= 0.6 is 0 Å². The summed E-state index contributed by atoms with van der Waals surface area (Å²) in [5.74, 6) is 0. The summed E-state index contributed by atoms with van der Waals surface area (Å²) in [7, 11) is 0. The summed E-state index contributed by atoms with van der Waals surface area (Å²) in [6, 6.07) is 0. The van der Waals surface area contributed by atoms with E-state index >= 15 is 0 Å². The van der Waals surface area contributed by atoms with Crippen LogP contribution in [0.1, 0.15) is 20.8 Å². The Hall–Kier alpha value is 0.163. The van der Waals surface area contributed by atoms with Crippen LogP contribution in [0, 0.1) is 0 Å². The third-order valence-electron chi connectivity index (χ3n) is 1.29. The maximum atomic E-state index is 5.48. The van der Waals surface area contributed by atoms with Crippen molar-refractivity contribution in [3.05, 3.63) is 11.5 Å². The van der Waals surface area contributed by atoms with Crippen molar-refractivity contribution >= 4 is 14.3 Å². The van der Waals surface area contributed by atoms with Crippen molar-refractivity contribution in [1.82, 2.24) is 0 Å². The van der Waals surface area contributed by atoms with Gasteiger partial charge in [-0.3, -0.25) is 0 Å². The summed E-state index contributed by atoms with van der Waals surface area (Å²) in [5, 5.41) is 0. The SMILES string of the molecule is C=[CH][Ge]([O]CC)([O]CC)[O]CC. The molecule has 0 unspecified atom stereocenters. The topological polar surface area (TPSA) is 27.7 Å². The zero-order chi connectivity index (χ0) is 9.45. The van der Waals surface area contributed by atoms with Crippen LogP contribution in [0.4, 0.5) is 0 Å². The fraction of sp³-hybridized carbons (Fsp3) is 0.750. The van der Waals surface area contributed by atoms with Crippen molar-refractivity contribution in [2.45, 2.75) is 20.8 Å². The van der Waals surface area contributed by atoms with Crippen molar-refractivity contribution < 1.29 is 11.3 Å². The van der Waals surface area contributed by atoms with Gasteiger partial charge in [0.1, 0.15) is 0 Å². The van der Waals surface area contributed by atoms with E-state index < -0.39 is 14.3 Å². The standard InChI is InChI=1S/C8H18GeO3/c1-5-9(10-6-2,11-7-3)12-8-4/h5H,1,6-8H2,2-4H3. The number of rotatable bonds is 7. The molecule has 0 radical (unpaired) electrons. The molecule has 72 valence electrons. The Labute approximate surface area is 78.1 Å². The van der Waals surface area contributed by atoms with Crippen molar-refractivity contribution in [3.8, 4) is 0 Å². The Bertz CT molecular complexity index is 110. The van der Waals surface area contributed by atoms with Crippen LogP contribution in [0.25, 0.3) is 0 Å². The van der Waals surface area contributed by atoms with Crippen LogP contribution in [0.3, 0.4) is 0 Å². The third-order valence-corrected chi connectivity index (χ3v) is 6.69. The molecule has 0 aromatic rings. The van der Waals surface area contributed by atoms with E-state index in [9.17, 15) is 0 Å². The second kappa shape index (κ2) is 6.65. The van der Waals surface area contributed by atoms with Crippen LogP contribution in [-0.4, -0.2) is 34.1 Å². The summed E-state index contributed by atoms with van der Waals surface area (Å²) in [4.78, 5) is 1.72. The van der Waals surface area contributed by atoms with Crippen molar-refractivity contribution in [2.75, 3.05) is 19.8 Å². The van der Waals surface area contributed by atoms with Gasteiger partial charge in [0.25, 0.3) is 0 Å². The van der Waals surface area contributed by atoms with E-state index in [1.54, 1.807) is 4.91 Å². The Morgan fingerprint density at radius 1 is 1.00 bits per heavy atom. The summed E-state index contributed by atoms with van der Waals surface area (Å²) in [6.45, 7) is 11.3. The van der Waals surface area contributed by atoms with E-state index in [0.29, 0.717) is 19.8 Å². The van der Waals surface area contributed by atoms with Gasteiger partial charge < -0.3 is 0 Å². The van der Waals surface area contributed by atoms with Crippen LogP contribution in [0.2, 0.25) is 0 Å². The van der Waals surface area contributed by atoms with Gasteiger partial charge in [-0.1, -0.05) is 0 Å². The Morgan fingerprint density at radius 3 is 1.50 bits per heavy atom. The van der Waals surface area contributed by atoms with E-state index in [1.165, 1.54) is 0 Å². The van der Waals surface area contributed by atoms with Gasteiger partial charge in [-0.15, -0.1) is 0 Å². The molecule has 0 amide bonds. The molecule has 0 aromatic carbocycles. The molecular formula is C8H18GeO3. The molecule has 0 aliphatic rings. The van der Waals surface area contributed by atoms with Gasteiger partial charge >= 0.3 is 77.6 Å². The molecule has 0 aliphatic carbocycles. The van der Waals surface area contributed by atoms with Gasteiger partial charge in [0.05, 0.1) is 0 Å². The number of hydrogen-bond donors (Lipinski definition) is 0. The molecule has 0 aliphatic heterocycles. The molecule has 0 aromatic heterocycles. The average molecular weight is 235 g/mol. The van der Waals surface area contributed by atoms with Crippen molar-refractivity contribution in [1.29, 1.82) is 0 Å². The monoisotopic (exact) mass is 236 g/mol. The predicted octanol–water partition coefficient (Wildman–Crippen LogP) is 1.76. The molecule has 0 N–H and O–H groups in total. The molecule has 0 rings (SSSR count). The van der Waals surface area contributed by atoms with Crippen LogP contribution in [-0.2, 0) is 11.3 Å². The molecule has 0 fully saturated rings. The maximum absolute atomic E-state index is 5.48. The summed E-state index contributed by atoms with van der Waals surface area (Å²) >= 11 is -3.02. The van der Waals surface area contributed by atoms with E-state index in [-0.39, 0.29) is 0 Å². The minimum absolute atomic E-state index is 0.617. The van der Waals surface area contributed by atoms with E-state index in [4.69, 9.17) is 11.3 Å². The molecule has 0 heterocycles. The van der Waals surface area contributed by atoms with Gasteiger partial charge in [-0.25, -0.2) is 0 Å². The minimum atomic E-state index is -3.02. The zero-order valence-corrected chi connectivity index (χ0v) is 10.2. The fourth-order valence-electron chi connectivity index (χ4n) is 0.905. The van der Waals surface area contributed by atoms with Crippen LogP contribution in [0.15, 0.2) is 11.5 Å². The molecule has 12 heavy (non-hydrogen) atoms. The van der Waals surface area contributed by atoms with Gasteiger partial charge in [0.15, 0.2) is 0 Å². The van der Waals surface area contributed by atoms with Gasteiger partial charge in [-0.05, 0) is 0 Å². The van der Waals surface area contributed by atoms with Gasteiger partial charge in [0, 0.05) is 0 Å². The molecule has 0 bridgehead atoms. The fourth-order valence-corrected chi connectivity index (χ4v) is 4.70. The van der Waals surface area contributed by atoms with E-state index in [0.717, 1.165) is 0 Å². The first-order valence-electron chi connectivity index (χ1n) is 4.30. The first kappa shape index (κ1) is 12.2. The Kier molecular flexibility index (Phi) is 6.74. The molecule has 4 heteroatoms. The molecule has 0 saturated heterocycles. The molecule has 0 saturated carbocycles. The first-order chi connectivity index (χ1) is 5.74. The molecular weight excluding hydrogens is 217 g/mol. The summed E-state index contributed by atoms with van der Waals surface area (Å²) in [5.41, 5.74) is 0. The summed E-state index contributed by atoms with van der Waals surface area (Å²) in [6.07, 6.45) is 0. The second-order valence-corrected chi connectivity index (χ2v) is 7.31. The Balaban J connectivity index is 4.16. The van der Waals surface area contributed by atoms with Gasteiger partial charge in [0.2, 0.25) is 0 Å². The van der Waals surface area contributed by atoms with E-state index in [1.807, 2.05) is 20.8 Å². The first-order valence-corrected chi connectivity index (χ1v) is 8.08. The van der Waals surface area contributed by atoms with Crippen LogP contribution in [0.5, 0.6) is 0 Å². The molecule has 0 spiro atoms. The van der Waals surface area contributed by atoms with Gasteiger partial charge in [-0.2, -0.15) is 0 Å². The van der Waals surface area contributed by atoms with E-state index in [2.05, 4.69) is 6.58 Å². The second-order valence-electron chi connectivity index (χ2n) is 2.11. The third kappa shape index (κ3) is 3.71.